The Morgan fingerprint density at radius 1 is 1.04 bits per heavy atom. The van der Waals surface area contributed by atoms with Gasteiger partial charge in [0.15, 0.2) is 0 Å². The van der Waals surface area contributed by atoms with Crippen molar-refractivity contribution in [2.24, 2.45) is 17.8 Å². The van der Waals surface area contributed by atoms with Crippen LogP contribution in [0.25, 0.3) is 0 Å². The van der Waals surface area contributed by atoms with Gasteiger partial charge in [-0.05, 0) is 80.4 Å². The van der Waals surface area contributed by atoms with Gasteiger partial charge in [-0.25, -0.2) is 0 Å². The molecule has 0 heterocycles. The van der Waals surface area contributed by atoms with Crippen LogP contribution in [0.1, 0.15) is 50.5 Å². The van der Waals surface area contributed by atoms with E-state index in [1.807, 2.05) is 12.1 Å². The second-order valence-corrected chi connectivity index (χ2v) is 8.81. The molecule has 1 aromatic carbocycles. The lowest BCUT2D eigenvalue weighted by atomic mass is 9.53. The zero-order valence-corrected chi connectivity index (χ0v) is 14.8. The molecule has 23 heavy (non-hydrogen) atoms. The number of nitrogens with one attached hydrogen (secondary N) is 1. The van der Waals surface area contributed by atoms with Gasteiger partial charge in [0.1, 0.15) is 0 Å². The van der Waals surface area contributed by atoms with Gasteiger partial charge in [0.05, 0.1) is 10.0 Å². The van der Waals surface area contributed by atoms with Gasteiger partial charge in [-0.3, -0.25) is 4.79 Å². The van der Waals surface area contributed by atoms with Gasteiger partial charge >= 0.3 is 0 Å². The summed E-state index contributed by atoms with van der Waals surface area (Å²) in [4.78, 5) is 12.5. The molecule has 4 fully saturated rings. The first-order chi connectivity index (χ1) is 11.0. The molecule has 1 amide bonds. The predicted molar refractivity (Wildman–Crippen MR) is 93.8 cm³/mol. The molecule has 0 spiro atoms. The van der Waals surface area contributed by atoms with Gasteiger partial charge in [-0.15, -0.1) is 0 Å². The number of benzene rings is 1. The standard InChI is InChI=1S/C19H23Cl2NO/c20-16-3-1-12(8-17(16)21)2-4-18(23)22-19-9-13-5-14(10-19)7-15(6-13)11-19/h1,3,8,13-15H,2,4-7,9-11H2,(H,22,23). The zero-order valence-electron chi connectivity index (χ0n) is 13.3. The maximum absolute atomic E-state index is 12.5. The minimum absolute atomic E-state index is 0.115. The van der Waals surface area contributed by atoms with Crippen molar-refractivity contribution in [1.29, 1.82) is 0 Å². The number of hydrogen-bond donors (Lipinski definition) is 1. The number of amides is 1. The molecular formula is C19H23Cl2NO. The van der Waals surface area contributed by atoms with Crippen molar-refractivity contribution in [1.82, 2.24) is 5.32 Å². The van der Waals surface area contributed by atoms with Gasteiger partial charge in [-0.1, -0.05) is 29.3 Å². The Balaban J connectivity index is 1.36. The van der Waals surface area contributed by atoms with Crippen LogP contribution >= 0.6 is 23.2 Å². The third kappa shape index (κ3) is 3.25. The van der Waals surface area contributed by atoms with Crippen molar-refractivity contribution in [3.63, 3.8) is 0 Å². The van der Waals surface area contributed by atoms with Crippen LogP contribution in [0.4, 0.5) is 0 Å². The van der Waals surface area contributed by atoms with Crippen molar-refractivity contribution in [3.8, 4) is 0 Å². The summed E-state index contributed by atoms with van der Waals surface area (Å²) >= 11 is 12.0. The summed E-state index contributed by atoms with van der Waals surface area (Å²) in [5.41, 5.74) is 1.18. The third-order valence-electron chi connectivity index (χ3n) is 6.07. The summed E-state index contributed by atoms with van der Waals surface area (Å²) in [5, 5.41) is 4.55. The van der Waals surface area contributed by atoms with E-state index in [1.54, 1.807) is 6.07 Å². The summed E-state index contributed by atoms with van der Waals surface area (Å²) in [5.74, 6) is 2.77. The first-order valence-corrected chi connectivity index (χ1v) is 9.52. The van der Waals surface area contributed by atoms with E-state index in [2.05, 4.69) is 5.32 Å². The average molecular weight is 352 g/mol. The largest absolute Gasteiger partial charge is 0.351 e. The van der Waals surface area contributed by atoms with Crippen LogP contribution in [0.3, 0.4) is 0 Å². The lowest BCUT2D eigenvalue weighted by Gasteiger charge is -2.56. The molecule has 0 aliphatic heterocycles. The second-order valence-electron chi connectivity index (χ2n) is 7.99. The molecule has 4 heteroatoms. The van der Waals surface area contributed by atoms with Gasteiger partial charge in [0, 0.05) is 12.0 Å². The van der Waals surface area contributed by atoms with Crippen molar-refractivity contribution >= 4 is 29.1 Å². The SMILES string of the molecule is O=C(CCc1ccc(Cl)c(Cl)c1)NC12CC3CC(CC(C3)C1)C2. The molecule has 1 N–H and O–H groups in total. The minimum Gasteiger partial charge on any atom is -0.351 e. The average Bonchev–Trinajstić information content (AvgIpc) is 2.46. The van der Waals surface area contributed by atoms with Crippen molar-refractivity contribution in [2.75, 3.05) is 0 Å². The molecule has 4 saturated carbocycles. The number of aryl methyl sites for hydroxylation is 1. The summed E-state index contributed by atoms with van der Waals surface area (Å²) in [6.07, 6.45) is 9.07. The third-order valence-corrected chi connectivity index (χ3v) is 6.81. The highest BCUT2D eigenvalue weighted by Crippen LogP contribution is 2.55. The van der Waals surface area contributed by atoms with Crippen LogP contribution in [0.15, 0.2) is 18.2 Å². The topological polar surface area (TPSA) is 29.1 Å². The van der Waals surface area contributed by atoms with Crippen LogP contribution in [0.5, 0.6) is 0 Å². The van der Waals surface area contributed by atoms with E-state index < -0.39 is 0 Å². The van der Waals surface area contributed by atoms with Gasteiger partial charge in [0.25, 0.3) is 0 Å². The minimum atomic E-state index is 0.115. The van der Waals surface area contributed by atoms with Gasteiger partial charge in [0.2, 0.25) is 5.91 Å². The van der Waals surface area contributed by atoms with Crippen LogP contribution in [0, 0.1) is 17.8 Å². The van der Waals surface area contributed by atoms with E-state index in [0.717, 1.165) is 29.7 Å². The van der Waals surface area contributed by atoms with E-state index in [-0.39, 0.29) is 11.4 Å². The highest BCUT2D eigenvalue weighted by molar-refractivity contribution is 6.42. The smallest absolute Gasteiger partial charge is 0.220 e. The van der Waals surface area contributed by atoms with Crippen molar-refractivity contribution in [2.45, 2.75) is 56.9 Å². The second kappa shape index (κ2) is 5.97. The Bertz CT molecular complexity index is 593. The molecule has 0 aromatic heterocycles. The summed E-state index contributed by atoms with van der Waals surface area (Å²) in [7, 11) is 0. The molecule has 0 atom stereocenters. The van der Waals surface area contributed by atoms with E-state index in [0.29, 0.717) is 16.5 Å². The van der Waals surface area contributed by atoms with Gasteiger partial charge < -0.3 is 5.32 Å². The molecule has 4 aliphatic rings. The zero-order chi connectivity index (χ0) is 16.0. The molecule has 2 nitrogen and oxygen atoms in total. The fourth-order valence-corrected chi connectivity index (χ4v) is 5.90. The van der Waals surface area contributed by atoms with Crippen LogP contribution in [-0.4, -0.2) is 11.4 Å². The Morgan fingerprint density at radius 2 is 1.65 bits per heavy atom. The molecule has 4 bridgehead atoms. The van der Waals surface area contributed by atoms with E-state index in [1.165, 1.54) is 38.5 Å². The maximum Gasteiger partial charge on any atom is 0.220 e. The maximum atomic E-state index is 12.5. The number of carbonyl (C=O) groups is 1. The molecule has 124 valence electrons. The lowest BCUT2D eigenvalue weighted by molar-refractivity contribution is -0.126. The Labute approximate surface area is 147 Å². The lowest BCUT2D eigenvalue weighted by Crippen LogP contribution is -2.59. The molecule has 5 rings (SSSR count). The molecular weight excluding hydrogens is 329 g/mol. The molecule has 0 unspecified atom stereocenters. The van der Waals surface area contributed by atoms with E-state index >= 15 is 0 Å². The molecule has 1 aromatic rings. The van der Waals surface area contributed by atoms with Crippen LogP contribution < -0.4 is 5.32 Å². The van der Waals surface area contributed by atoms with Crippen molar-refractivity contribution in [3.05, 3.63) is 33.8 Å². The highest BCUT2D eigenvalue weighted by Gasteiger charge is 2.51. The molecule has 0 saturated heterocycles. The Hall–Kier alpha value is -0.730. The fourth-order valence-electron chi connectivity index (χ4n) is 5.58. The quantitative estimate of drug-likeness (QED) is 0.811. The monoisotopic (exact) mass is 351 g/mol. The number of rotatable bonds is 4. The van der Waals surface area contributed by atoms with E-state index in [9.17, 15) is 4.79 Å². The normalized spacial score (nSPS) is 34.6. The van der Waals surface area contributed by atoms with Crippen LogP contribution in [-0.2, 0) is 11.2 Å². The summed E-state index contributed by atoms with van der Waals surface area (Å²) in [6, 6.07) is 5.62. The first-order valence-electron chi connectivity index (χ1n) is 8.76. The number of hydrogen-bond acceptors (Lipinski definition) is 1. The van der Waals surface area contributed by atoms with E-state index in [4.69, 9.17) is 23.2 Å². The fraction of sp³-hybridized carbons (Fsp3) is 0.632. The summed E-state index contributed by atoms with van der Waals surface area (Å²) < 4.78 is 0. The Kier molecular flexibility index (Phi) is 4.09. The van der Waals surface area contributed by atoms with Crippen molar-refractivity contribution < 1.29 is 4.79 Å². The number of carbonyl (C=O) groups excluding carboxylic acids is 1. The first kappa shape index (κ1) is 15.8. The van der Waals surface area contributed by atoms with Crippen LogP contribution in [0.2, 0.25) is 10.0 Å². The Morgan fingerprint density at radius 3 is 2.22 bits per heavy atom. The molecule has 4 aliphatic carbocycles. The highest BCUT2D eigenvalue weighted by atomic mass is 35.5. The summed E-state index contributed by atoms with van der Waals surface area (Å²) in [6.45, 7) is 0. The number of halogens is 2. The molecule has 0 radical (unpaired) electrons. The predicted octanol–water partition coefficient (Wildman–Crippen LogP) is 5.01. The van der Waals surface area contributed by atoms with Gasteiger partial charge in [-0.2, -0.15) is 0 Å².